The molecule has 0 amide bonds. The molecule has 1 aromatic heterocycles. The van der Waals surface area contributed by atoms with Crippen molar-refractivity contribution in [1.82, 2.24) is 9.78 Å². The Morgan fingerprint density at radius 2 is 2.12 bits per heavy atom. The summed E-state index contributed by atoms with van der Waals surface area (Å²) in [7, 11) is 0. The number of rotatable bonds is 4. The first-order chi connectivity index (χ1) is 8.22. The van der Waals surface area contributed by atoms with Crippen LogP contribution in [0, 0.1) is 11.8 Å². The van der Waals surface area contributed by atoms with Gasteiger partial charge in [-0.3, -0.25) is 0 Å². The van der Waals surface area contributed by atoms with Gasteiger partial charge in [-0.15, -0.1) is 0 Å². The van der Waals surface area contributed by atoms with Gasteiger partial charge in [0, 0.05) is 5.56 Å². The van der Waals surface area contributed by atoms with Crippen LogP contribution in [0.5, 0.6) is 0 Å². The van der Waals surface area contributed by atoms with Crippen LogP contribution >= 0.6 is 0 Å². The third-order valence-electron chi connectivity index (χ3n) is 2.48. The maximum Gasteiger partial charge on any atom is 0.219 e. The summed E-state index contributed by atoms with van der Waals surface area (Å²) in [6.07, 6.45) is 2.69. The van der Waals surface area contributed by atoms with Gasteiger partial charge in [0.2, 0.25) is 5.95 Å². The fraction of sp³-hybridized carbons (Fsp3) is 0.250. The van der Waals surface area contributed by atoms with Gasteiger partial charge in [0.25, 0.3) is 0 Å². The van der Waals surface area contributed by atoms with E-state index in [1.165, 1.54) is 24.4 Å². The van der Waals surface area contributed by atoms with Crippen LogP contribution in [0.4, 0.5) is 8.78 Å². The molecule has 0 atom stereocenters. The molecule has 0 spiro atoms. The first kappa shape index (κ1) is 11.7. The molecule has 5 heteroatoms. The van der Waals surface area contributed by atoms with Crippen LogP contribution in [0.15, 0.2) is 30.5 Å². The number of halogens is 2. The van der Waals surface area contributed by atoms with E-state index in [1.54, 1.807) is 6.07 Å². The molecule has 0 saturated carbocycles. The Hall–Kier alpha value is -1.75. The molecule has 90 valence electrons. The number of benzene rings is 1. The quantitative estimate of drug-likeness (QED) is 0.884. The van der Waals surface area contributed by atoms with Crippen LogP contribution in [0.1, 0.15) is 12.0 Å². The van der Waals surface area contributed by atoms with Gasteiger partial charge in [0.05, 0.1) is 11.9 Å². The molecular weight excluding hydrogens is 224 g/mol. The minimum atomic E-state index is -0.455. The van der Waals surface area contributed by atoms with Crippen molar-refractivity contribution in [2.24, 2.45) is 5.73 Å². The van der Waals surface area contributed by atoms with E-state index in [0.717, 1.165) is 4.68 Å². The largest absolute Gasteiger partial charge is 0.330 e. The maximum atomic E-state index is 13.9. The first-order valence-corrected chi connectivity index (χ1v) is 5.41. The molecule has 0 aliphatic carbocycles. The third kappa shape index (κ3) is 2.50. The van der Waals surface area contributed by atoms with E-state index in [9.17, 15) is 8.78 Å². The highest BCUT2D eigenvalue weighted by Gasteiger charge is 2.11. The van der Waals surface area contributed by atoms with E-state index in [1.807, 2.05) is 0 Å². The molecule has 2 rings (SSSR count). The van der Waals surface area contributed by atoms with E-state index in [0.29, 0.717) is 30.6 Å². The second-order valence-corrected chi connectivity index (χ2v) is 3.74. The predicted octanol–water partition coefficient (Wildman–Crippen LogP) is 2.04. The van der Waals surface area contributed by atoms with Crippen molar-refractivity contribution in [3.63, 3.8) is 0 Å². The van der Waals surface area contributed by atoms with Crippen LogP contribution in [0.3, 0.4) is 0 Å². The van der Waals surface area contributed by atoms with Crippen LogP contribution in [0.2, 0.25) is 0 Å². The Morgan fingerprint density at radius 3 is 2.82 bits per heavy atom. The van der Waals surface area contributed by atoms with Crippen LogP contribution in [-0.2, 0) is 6.42 Å². The maximum absolute atomic E-state index is 13.9. The van der Waals surface area contributed by atoms with Gasteiger partial charge < -0.3 is 5.73 Å². The zero-order valence-electron chi connectivity index (χ0n) is 9.24. The number of aromatic nitrogens is 2. The second-order valence-electron chi connectivity index (χ2n) is 3.74. The summed E-state index contributed by atoms with van der Waals surface area (Å²) in [5, 5.41) is 3.91. The minimum Gasteiger partial charge on any atom is -0.330 e. The molecular formula is C12H13F2N3. The van der Waals surface area contributed by atoms with Gasteiger partial charge in [-0.25, -0.2) is 9.07 Å². The van der Waals surface area contributed by atoms with Gasteiger partial charge in [0.1, 0.15) is 5.82 Å². The number of nitrogens with two attached hydrogens (primary N) is 1. The molecule has 2 aromatic rings. The summed E-state index contributed by atoms with van der Waals surface area (Å²) < 4.78 is 28.0. The van der Waals surface area contributed by atoms with Gasteiger partial charge in [-0.05, 0) is 37.6 Å². The summed E-state index contributed by atoms with van der Waals surface area (Å²) in [5.74, 6) is -0.870. The number of hydrogen-bond donors (Lipinski definition) is 1. The monoisotopic (exact) mass is 237 g/mol. The van der Waals surface area contributed by atoms with Crippen molar-refractivity contribution in [3.05, 3.63) is 47.8 Å². The van der Waals surface area contributed by atoms with E-state index < -0.39 is 11.8 Å². The van der Waals surface area contributed by atoms with Crippen molar-refractivity contribution in [2.75, 3.05) is 6.54 Å². The molecule has 3 nitrogen and oxygen atoms in total. The highest BCUT2D eigenvalue weighted by atomic mass is 19.1. The standard InChI is InChI=1S/C12H13F2N3/c13-10-4-1-5-11(7-10)17-12(14)9(8-16-17)3-2-6-15/h1,4-5,7-8H,2-3,6,15H2. The lowest BCUT2D eigenvalue weighted by atomic mass is 10.2. The Bertz CT molecular complexity index is 508. The van der Waals surface area contributed by atoms with Crippen LogP contribution in [0.25, 0.3) is 5.69 Å². The third-order valence-corrected chi connectivity index (χ3v) is 2.48. The van der Waals surface area contributed by atoms with Crippen LogP contribution < -0.4 is 5.73 Å². The molecule has 1 heterocycles. The van der Waals surface area contributed by atoms with Crippen molar-refractivity contribution >= 4 is 0 Å². The number of nitrogens with zero attached hydrogens (tertiary/aromatic N) is 2. The molecule has 0 radical (unpaired) electrons. The highest BCUT2D eigenvalue weighted by Crippen LogP contribution is 2.15. The fourth-order valence-electron chi connectivity index (χ4n) is 1.62. The summed E-state index contributed by atoms with van der Waals surface area (Å²) in [6.45, 7) is 0.505. The Morgan fingerprint density at radius 1 is 1.29 bits per heavy atom. The molecule has 0 aliphatic rings. The summed E-state index contributed by atoms with van der Waals surface area (Å²) in [4.78, 5) is 0. The zero-order valence-corrected chi connectivity index (χ0v) is 9.24. The lowest BCUT2D eigenvalue weighted by molar-refractivity contribution is 0.522. The molecule has 0 aliphatic heterocycles. The molecule has 0 bridgehead atoms. The normalized spacial score (nSPS) is 10.8. The molecule has 0 fully saturated rings. The summed E-state index contributed by atoms with van der Waals surface area (Å²) in [5.41, 5.74) is 6.24. The van der Waals surface area contributed by atoms with Crippen molar-refractivity contribution in [3.8, 4) is 5.69 Å². The predicted molar refractivity (Wildman–Crippen MR) is 60.9 cm³/mol. The van der Waals surface area contributed by atoms with Crippen molar-refractivity contribution in [2.45, 2.75) is 12.8 Å². The Kier molecular flexibility index (Phi) is 3.49. The average Bonchev–Trinajstić information content (AvgIpc) is 2.68. The Balaban J connectivity index is 2.30. The summed E-state index contributed by atoms with van der Waals surface area (Å²) in [6, 6.07) is 5.67. The smallest absolute Gasteiger partial charge is 0.219 e. The topological polar surface area (TPSA) is 43.8 Å². The minimum absolute atomic E-state index is 0.376. The van der Waals surface area contributed by atoms with E-state index in [4.69, 9.17) is 5.73 Å². The highest BCUT2D eigenvalue weighted by molar-refractivity contribution is 5.32. The van der Waals surface area contributed by atoms with E-state index in [2.05, 4.69) is 5.10 Å². The SMILES string of the molecule is NCCCc1cnn(-c2cccc(F)c2)c1F. The zero-order chi connectivity index (χ0) is 12.3. The van der Waals surface area contributed by atoms with Gasteiger partial charge in [-0.2, -0.15) is 9.49 Å². The molecule has 2 N–H and O–H groups in total. The van der Waals surface area contributed by atoms with Crippen LogP contribution in [-0.4, -0.2) is 16.3 Å². The van der Waals surface area contributed by atoms with Crippen molar-refractivity contribution in [1.29, 1.82) is 0 Å². The van der Waals surface area contributed by atoms with Crippen molar-refractivity contribution < 1.29 is 8.78 Å². The fourth-order valence-corrected chi connectivity index (χ4v) is 1.62. The van der Waals surface area contributed by atoms with Gasteiger partial charge >= 0.3 is 0 Å². The number of hydrogen-bond acceptors (Lipinski definition) is 2. The summed E-state index contributed by atoms with van der Waals surface area (Å²) >= 11 is 0. The lowest BCUT2D eigenvalue weighted by Gasteiger charge is -2.02. The molecule has 0 saturated heterocycles. The molecule has 1 aromatic carbocycles. The van der Waals surface area contributed by atoms with E-state index in [-0.39, 0.29) is 0 Å². The van der Waals surface area contributed by atoms with Gasteiger partial charge in [0.15, 0.2) is 0 Å². The number of aryl methyl sites for hydroxylation is 1. The molecule has 17 heavy (non-hydrogen) atoms. The first-order valence-electron chi connectivity index (χ1n) is 5.41. The Labute approximate surface area is 97.9 Å². The lowest BCUT2D eigenvalue weighted by Crippen LogP contribution is -2.03. The average molecular weight is 237 g/mol. The molecule has 0 unspecified atom stereocenters. The van der Waals surface area contributed by atoms with Gasteiger partial charge in [-0.1, -0.05) is 6.07 Å². The second kappa shape index (κ2) is 5.05. The van der Waals surface area contributed by atoms with E-state index >= 15 is 0 Å².